The fraction of sp³-hybridized carbons (Fsp3) is 0.385. The lowest BCUT2D eigenvalue weighted by atomic mass is 9.87. The van der Waals surface area contributed by atoms with E-state index in [0.29, 0.717) is 35.5 Å². The Morgan fingerprint density at radius 2 is 1.41 bits per heavy atom. The number of rotatable bonds is 19. The molecule has 8 N–H and O–H groups in total. The molecule has 4 bridgehead atoms. The van der Waals surface area contributed by atoms with Crippen molar-refractivity contribution in [3.63, 3.8) is 0 Å². The third-order valence-corrected chi connectivity index (χ3v) is 13.0. The van der Waals surface area contributed by atoms with E-state index in [0.717, 1.165) is 16.0 Å². The molecule has 1 aliphatic heterocycles. The van der Waals surface area contributed by atoms with Crippen molar-refractivity contribution in [1.82, 2.24) is 15.1 Å². The highest BCUT2D eigenvalue weighted by Gasteiger charge is 2.37. The zero-order valence-corrected chi connectivity index (χ0v) is 39.9. The molecule has 69 heavy (non-hydrogen) atoms. The maximum atomic E-state index is 14.7. The number of carboxylic acids is 1. The number of phenolic OH excluding ortho intramolecular Hbond substituents is 2. The van der Waals surface area contributed by atoms with Gasteiger partial charge in [-0.3, -0.25) is 38.4 Å². The Balaban J connectivity index is 1.46. The summed E-state index contributed by atoms with van der Waals surface area (Å²) >= 11 is 6.06. The molecule has 0 fully saturated rings. The predicted octanol–water partition coefficient (Wildman–Crippen LogP) is 6.01. The van der Waals surface area contributed by atoms with Crippen molar-refractivity contribution in [1.29, 1.82) is 0 Å². The number of amides is 4. The number of halogens is 1. The summed E-state index contributed by atoms with van der Waals surface area (Å²) in [5.74, 6) is -8.92. The summed E-state index contributed by atoms with van der Waals surface area (Å²) in [6.07, 6.45) is -0.442. The van der Waals surface area contributed by atoms with E-state index in [1.807, 2.05) is 24.3 Å². The summed E-state index contributed by atoms with van der Waals surface area (Å²) in [6, 6.07) is 19.1. The molecule has 1 heterocycles. The van der Waals surface area contributed by atoms with Gasteiger partial charge in [-0.15, -0.1) is 0 Å². The third kappa shape index (κ3) is 13.6. The molecule has 0 aromatic heterocycles. The number of carbonyl (C=O) groups excluding carboxylic acids is 7. The van der Waals surface area contributed by atoms with Crippen LogP contribution in [0.5, 0.6) is 11.5 Å². The van der Waals surface area contributed by atoms with Crippen LogP contribution in [0.4, 0.5) is 0 Å². The van der Waals surface area contributed by atoms with E-state index < -0.39 is 96.3 Å². The smallest absolute Gasteiger partial charge is 0.303 e. The van der Waals surface area contributed by atoms with Crippen molar-refractivity contribution in [2.45, 2.75) is 89.8 Å². The van der Waals surface area contributed by atoms with Gasteiger partial charge in [-0.1, -0.05) is 80.4 Å². The fourth-order valence-corrected chi connectivity index (χ4v) is 8.83. The molecule has 0 saturated heterocycles. The second-order valence-corrected chi connectivity index (χ2v) is 18.3. The number of fused-ring (bicyclic) bond motifs is 5. The number of aromatic hydroxyl groups is 2. The molecule has 4 aromatic carbocycles. The number of benzene rings is 4. The number of hydrogen-bond donors (Lipinski definition) is 6. The molecular weight excluding hydrogens is 906 g/mol. The highest BCUT2D eigenvalue weighted by atomic mass is 35.5. The molecule has 366 valence electrons. The van der Waals surface area contributed by atoms with Gasteiger partial charge in [-0.05, 0) is 90.9 Å². The van der Waals surface area contributed by atoms with Gasteiger partial charge in [0, 0.05) is 79.2 Å². The van der Waals surface area contributed by atoms with Crippen LogP contribution < -0.4 is 16.8 Å². The Labute approximate surface area is 406 Å². The van der Waals surface area contributed by atoms with Crippen molar-refractivity contribution in [2.24, 2.45) is 29.2 Å². The first-order valence-electron chi connectivity index (χ1n) is 22.8. The van der Waals surface area contributed by atoms with E-state index >= 15 is 0 Å². The van der Waals surface area contributed by atoms with Crippen LogP contribution in [-0.4, -0.2) is 105 Å². The predicted molar refractivity (Wildman–Crippen MR) is 259 cm³/mol. The zero-order chi connectivity index (χ0) is 50.7. The summed E-state index contributed by atoms with van der Waals surface area (Å²) in [6.45, 7) is 3.30. The topological polar surface area (TPSA) is 268 Å². The maximum absolute atomic E-state index is 14.7. The molecular formula is C52H60ClN5O11. The van der Waals surface area contributed by atoms with E-state index in [1.54, 1.807) is 24.3 Å². The van der Waals surface area contributed by atoms with Crippen LogP contribution in [0, 0.1) is 17.8 Å². The van der Waals surface area contributed by atoms with E-state index in [2.05, 4.69) is 5.32 Å². The van der Waals surface area contributed by atoms with Gasteiger partial charge in [-0.2, -0.15) is 0 Å². The Morgan fingerprint density at radius 1 is 0.797 bits per heavy atom. The summed E-state index contributed by atoms with van der Waals surface area (Å²) in [4.78, 5) is 110. The van der Waals surface area contributed by atoms with Gasteiger partial charge in [0.2, 0.25) is 23.6 Å². The number of aliphatic carboxylic acids is 1. The van der Waals surface area contributed by atoms with Crippen molar-refractivity contribution < 1.29 is 53.7 Å². The van der Waals surface area contributed by atoms with E-state index in [1.165, 1.54) is 69.2 Å². The molecule has 0 radical (unpaired) electrons. The largest absolute Gasteiger partial charge is 0.507 e. The quantitative estimate of drug-likeness (QED) is 0.0466. The molecule has 5 rings (SSSR count). The third-order valence-electron chi connectivity index (χ3n) is 12.7. The normalized spacial score (nSPS) is 17.3. The van der Waals surface area contributed by atoms with Gasteiger partial charge in [0.15, 0.2) is 17.3 Å². The second-order valence-electron chi connectivity index (χ2n) is 17.9. The Hall–Kier alpha value is -6.91. The van der Waals surface area contributed by atoms with Crippen LogP contribution in [-0.2, 0) is 40.0 Å². The molecule has 0 saturated carbocycles. The van der Waals surface area contributed by atoms with Crippen LogP contribution in [0.2, 0.25) is 5.02 Å². The minimum absolute atomic E-state index is 0.105. The number of hydrogen-bond acceptors (Lipinski definition) is 11. The SMILES string of the molecule is C[C@@H]1CC(=O)[C@@H](N(C)C(=O)[C@H](CCCCN)CC(=O)c2ccc(-c3ccc(Cl)cc3)cc2)c2ccc(O)c(c2)-c2cc(ccc2O)C[C@@H](C(=O)C[C@@H](C)C(=O)N(C)[C@@H](CCC(=O)O)C(N)=O)NC1=O. The van der Waals surface area contributed by atoms with Crippen LogP contribution >= 0.6 is 11.6 Å². The lowest BCUT2D eigenvalue weighted by Crippen LogP contribution is -2.49. The first-order chi connectivity index (χ1) is 32.7. The standard InChI is InChI=1S/C52H60ClN5O11/c1-29-23-46(63)48(58(4)52(69)36(7-5-6-22-54)28-44(61)34-11-9-32(10-12-34)33-13-16-37(53)17-14-33)35-15-20-43(60)39(27-35)38-25-31(8-19-42(38)59)26-40(56-50(29)67)45(62)24-30(2)51(68)57(3)41(49(55)66)18-21-47(64)65/h8-17,19-20,25,27,29-30,36,40-41,48,59-60H,5-7,18,21-24,26,28,54H2,1-4H3,(H2,55,66)(H,56,67)(H,64,65)/t29-,30-,36-,40+,41+,48+/m1/s1. The lowest BCUT2D eigenvalue weighted by Gasteiger charge is -2.32. The minimum Gasteiger partial charge on any atom is -0.507 e. The van der Waals surface area contributed by atoms with Gasteiger partial charge >= 0.3 is 5.97 Å². The first-order valence-corrected chi connectivity index (χ1v) is 23.2. The Kier molecular flexibility index (Phi) is 18.4. The number of primary amides is 1. The van der Waals surface area contributed by atoms with Gasteiger partial charge in [0.25, 0.3) is 0 Å². The number of nitrogens with one attached hydrogen (secondary N) is 1. The second kappa shape index (κ2) is 23.9. The number of Topliss-reactive ketones (excluding diaryl/α,β-unsaturated/α-hetero) is 3. The van der Waals surface area contributed by atoms with Crippen LogP contribution in [0.3, 0.4) is 0 Å². The number of phenols is 2. The Bertz CT molecular complexity index is 2570. The van der Waals surface area contributed by atoms with Crippen LogP contribution in [0.15, 0.2) is 84.9 Å². The van der Waals surface area contributed by atoms with Crippen molar-refractivity contribution in [3.8, 4) is 33.8 Å². The van der Waals surface area contributed by atoms with E-state index in [-0.39, 0.29) is 59.7 Å². The molecule has 1 aliphatic rings. The van der Waals surface area contributed by atoms with Crippen molar-refractivity contribution >= 4 is 58.5 Å². The van der Waals surface area contributed by atoms with Gasteiger partial charge in [0.05, 0.1) is 6.04 Å². The average Bonchev–Trinajstić information content (AvgIpc) is 3.31. The van der Waals surface area contributed by atoms with Crippen LogP contribution in [0.1, 0.15) is 92.7 Å². The summed E-state index contributed by atoms with van der Waals surface area (Å²) in [5, 5.41) is 34.9. The highest BCUT2D eigenvalue weighted by Crippen LogP contribution is 2.40. The average molecular weight is 967 g/mol. The minimum atomic E-state index is -1.34. The molecule has 4 amide bonds. The van der Waals surface area contributed by atoms with Crippen molar-refractivity contribution in [2.75, 3.05) is 20.6 Å². The molecule has 0 aliphatic carbocycles. The summed E-state index contributed by atoms with van der Waals surface area (Å²) < 4.78 is 0. The Morgan fingerprint density at radius 3 is 2.01 bits per heavy atom. The molecule has 16 nitrogen and oxygen atoms in total. The molecule has 0 unspecified atom stereocenters. The zero-order valence-electron chi connectivity index (χ0n) is 39.2. The van der Waals surface area contributed by atoms with E-state index in [9.17, 15) is 48.6 Å². The molecule has 6 atom stereocenters. The monoisotopic (exact) mass is 965 g/mol. The molecule has 4 aromatic rings. The summed E-state index contributed by atoms with van der Waals surface area (Å²) in [5.41, 5.74) is 14.4. The van der Waals surface area contributed by atoms with Crippen LogP contribution in [0.25, 0.3) is 22.3 Å². The lowest BCUT2D eigenvalue weighted by molar-refractivity contribution is -0.144. The number of carbonyl (C=O) groups is 8. The number of nitrogens with zero attached hydrogens (tertiary/aromatic N) is 2. The molecule has 17 heteroatoms. The number of nitrogens with two attached hydrogens (primary N) is 2. The number of carboxylic acid groups (broad SMARTS) is 1. The van der Waals surface area contributed by atoms with Gasteiger partial charge < -0.3 is 41.9 Å². The number of ketones is 3. The van der Waals surface area contributed by atoms with E-state index in [4.69, 9.17) is 28.2 Å². The fourth-order valence-electron chi connectivity index (χ4n) is 8.71. The van der Waals surface area contributed by atoms with Gasteiger partial charge in [-0.25, -0.2) is 0 Å². The maximum Gasteiger partial charge on any atom is 0.303 e. The number of likely N-dealkylation sites (N-methyl/N-ethyl adjacent to an activating group) is 2. The summed E-state index contributed by atoms with van der Waals surface area (Å²) in [7, 11) is 2.73. The number of unbranched alkanes of at least 4 members (excludes halogenated alkanes) is 1. The highest BCUT2D eigenvalue weighted by molar-refractivity contribution is 6.30. The molecule has 0 spiro atoms. The first kappa shape index (κ1) is 53.1. The van der Waals surface area contributed by atoms with Gasteiger partial charge in [0.1, 0.15) is 23.6 Å². The van der Waals surface area contributed by atoms with Crippen molar-refractivity contribution in [3.05, 3.63) is 107 Å².